The number of imidazole rings is 1. The van der Waals surface area contributed by atoms with Crippen molar-refractivity contribution >= 4 is 42.5 Å². The van der Waals surface area contributed by atoms with E-state index in [1.165, 1.54) is 0 Å². The van der Waals surface area contributed by atoms with Gasteiger partial charge in [-0.05, 0) is 0 Å². The standard InChI is InChI=1S/C15H25N5O20P4/c16-12-7-13(18-4-19(12)14-10(23)8(21)5(37-14)1-35-41(25,26)27)20(3-17-7)15-11(24)9(22)6(38-15)2-36-43(31,32)40-44(33,34)39-42(28,29)30/h3-6,8-11,14-16,21-24H,1-2H2,(H,31,32)(H,33,34)(H2,25,26,27)(H2,28,29,30). The van der Waals surface area contributed by atoms with Gasteiger partial charge in [0.2, 0.25) is 0 Å². The molecule has 2 aliphatic heterocycles. The van der Waals surface area contributed by atoms with Crippen LogP contribution in [0.25, 0.3) is 11.2 Å². The van der Waals surface area contributed by atoms with E-state index in [-0.39, 0.29) is 11.2 Å². The first-order valence-corrected chi connectivity index (χ1v) is 17.6. The van der Waals surface area contributed by atoms with Crippen molar-refractivity contribution in [3.63, 3.8) is 0 Å². The van der Waals surface area contributed by atoms with Crippen molar-refractivity contribution in [1.82, 2.24) is 19.1 Å². The minimum atomic E-state index is -5.81. The number of ether oxygens (including phenoxy) is 2. The molecule has 2 aromatic heterocycles. The van der Waals surface area contributed by atoms with E-state index < -0.39 is 99.1 Å². The molecule has 29 heteroatoms. The highest BCUT2D eigenvalue weighted by molar-refractivity contribution is 7.66. The molecule has 11 N–H and O–H groups in total. The van der Waals surface area contributed by atoms with Gasteiger partial charge in [-0.25, -0.2) is 28.2 Å². The average molecular weight is 719 g/mol. The maximum absolute atomic E-state index is 12.0. The number of phosphoric acid groups is 4. The summed E-state index contributed by atoms with van der Waals surface area (Å²) >= 11 is 0. The molecule has 10 atom stereocenters. The first-order chi connectivity index (χ1) is 20.1. The first-order valence-electron chi connectivity index (χ1n) is 11.6. The van der Waals surface area contributed by atoms with E-state index in [2.05, 4.69) is 27.6 Å². The van der Waals surface area contributed by atoms with Crippen molar-refractivity contribution in [3.05, 3.63) is 18.1 Å². The zero-order valence-corrected chi connectivity index (χ0v) is 24.9. The maximum Gasteiger partial charge on any atom is 0.490 e. The normalized spacial score (nSPS) is 32.6. The van der Waals surface area contributed by atoms with E-state index >= 15 is 0 Å². The largest absolute Gasteiger partial charge is 0.490 e. The summed E-state index contributed by atoms with van der Waals surface area (Å²) in [6.07, 6.45) is -11.1. The Morgan fingerprint density at radius 1 is 0.705 bits per heavy atom. The second-order valence-electron chi connectivity index (χ2n) is 9.09. The molecule has 0 spiro atoms. The Morgan fingerprint density at radius 2 is 1.20 bits per heavy atom. The van der Waals surface area contributed by atoms with Gasteiger partial charge < -0.3 is 59.3 Å². The Balaban J connectivity index is 1.48. The lowest BCUT2D eigenvalue weighted by Crippen LogP contribution is -2.36. The Kier molecular flexibility index (Phi) is 10.2. The molecule has 2 saturated heterocycles. The number of nitrogens with zero attached hydrogens (tertiary/aromatic N) is 4. The molecule has 2 aliphatic rings. The average Bonchev–Trinajstić information content (AvgIpc) is 3.50. The molecule has 10 unspecified atom stereocenters. The van der Waals surface area contributed by atoms with Crippen LogP contribution in [0.15, 0.2) is 12.7 Å². The summed E-state index contributed by atoms with van der Waals surface area (Å²) in [6.45, 7) is -1.89. The topological polar surface area (TPSA) is 385 Å². The Morgan fingerprint density at radius 3 is 1.73 bits per heavy atom. The van der Waals surface area contributed by atoms with E-state index in [1.54, 1.807) is 0 Å². The fourth-order valence-electron chi connectivity index (χ4n) is 4.16. The van der Waals surface area contributed by atoms with E-state index in [0.717, 1.165) is 21.8 Å². The van der Waals surface area contributed by atoms with Gasteiger partial charge >= 0.3 is 31.3 Å². The first kappa shape index (κ1) is 35.5. The molecule has 0 amide bonds. The van der Waals surface area contributed by atoms with Crippen LogP contribution in [-0.2, 0) is 45.4 Å². The van der Waals surface area contributed by atoms with Crippen LogP contribution in [0.2, 0.25) is 0 Å². The molecule has 2 aromatic rings. The molecule has 44 heavy (non-hydrogen) atoms. The molecule has 4 rings (SSSR count). The van der Waals surface area contributed by atoms with Crippen LogP contribution in [0, 0.1) is 5.41 Å². The molecule has 25 nitrogen and oxygen atoms in total. The fraction of sp³-hybridized carbons (Fsp3) is 0.667. The summed E-state index contributed by atoms with van der Waals surface area (Å²) in [5.74, 6) is 0. The number of fused-ring (bicyclic) bond motifs is 1. The number of nitrogens with one attached hydrogen (secondary N) is 1. The van der Waals surface area contributed by atoms with Gasteiger partial charge in [0.1, 0.15) is 43.0 Å². The van der Waals surface area contributed by atoms with E-state index in [9.17, 15) is 48.5 Å². The van der Waals surface area contributed by atoms with Gasteiger partial charge in [-0.15, -0.1) is 0 Å². The van der Waals surface area contributed by atoms with Crippen molar-refractivity contribution in [3.8, 4) is 0 Å². The Bertz CT molecular complexity index is 1620. The Labute approximate surface area is 243 Å². The summed E-state index contributed by atoms with van der Waals surface area (Å²) in [5.41, 5.74) is -0.820. The quantitative estimate of drug-likeness (QED) is 0.0944. The second-order valence-corrected chi connectivity index (χ2v) is 14.7. The van der Waals surface area contributed by atoms with Gasteiger partial charge in [0, 0.05) is 0 Å². The molecule has 2 fully saturated rings. The number of hydrogen-bond acceptors (Lipinski definition) is 17. The van der Waals surface area contributed by atoms with Crippen LogP contribution in [-0.4, -0.2) is 119 Å². The second kappa shape index (κ2) is 12.7. The third-order valence-electron chi connectivity index (χ3n) is 6.00. The summed E-state index contributed by atoms with van der Waals surface area (Å²) < 4.78 is 73.9. The van der Waals surface area contributed by atoms with Crippen LogP contribution >= 0.6 is 31.3 Å². The zero-order chi connectivity index (χ0) is 33.0. The SMILES string of the molecule is N=c1c2ncn(C3OC(COP(=O)(O)OP(=O)(O)OP(=O)(O)O)C(O)C3O)c2ncn1C1OC(COP(=O)(O)O)C(O)C1O. The number of phosphoric ester groups is 2. The van der Waals surface area contributed by atoms with Crippen molar-refractivity contribution in [2.45, 2.75) is 49.1 Å². The molecule has 0 aliphatic carbocycles. The number of aliphatic hydroxyl groups is 4. The summed E-state index contributed by atoms with van der Waals surface area (Å²) in [6, 6.07) is 0. The number of rotatable bonds is 12. The van der Waals surface area contributed by atoms with Gasteiger partial charge in [-0.2, -0.15) is 8.62 Å². The fourth-order valence-corrected chi connectivity index (χ4v) is 7.53. The predicted molar refractivity (Wildman–Crippen MR) is 131 cm³/mol. The van der Waals surface area contributed by atoms with Gasteiger partial charge in [-0.1, -0.05) is 0 Å². The molecule has 4 heterocycles. The molecule has 0 bridgehead atoms. The van der Waals surface area contributed by atoms with E-state index in [1.807, 2.05) is 0 Å². The van der Waals surface area contributed by atoms with Gasteiger partial charge in [0.25, 0.3) is 0 Å². The smallest absolute Gasteiger partial charge is 0.387 e. The van der Waals surface area contributed by atoms with Crippen LogP contribution in [0.1, 0.15) is 12.5 Å². The number of aliphatic hydroxyl groups excluding tert-OH is 4. The summed E-state index contributed by atoms with van der Waals surface area (Å²) in [4.78, 5) is 61.8. The molecule has 250 valence electrons. The summed E-state index contributed by atoms with van der Waals surface area (Å²) in [5, 5.41) is 50.0. The molecule has 0 aromatic carbocycles. The monoisotopic (exact) mass is 719 g/mol. The van der Waals surface area contributed by atoms with Crippen LogP contribution < -0.4 is 5.49 Å². The van der Waals surface area contributed by atoms with Gasteiger partial charge in [-0.3, -0.25) is 23.6 Å². The molecular formula is C15H25N5O20P4. The van der Waals surface area contributed by atoms with Crippen molar-refractivity contribution in [1.29, 1.82) is 5.41 Å². The van der Waals surface area contributed by atoms with E-state index in [0.29, 0.717) is 0 Å². The van der Waals surface area contributed by atoms with E-state index in [4.69, 9.17) is 34.5 Å². The molecule has 0 saturated carbocycles. The molecule has 0 radical (unpaired) electrons. The lowest BCUT2D eigenvalue weighted by Gasteiger charge is -2.19. The minimum Gasteiger partial charge on any atom is -0.387 e. The van der Waals surface area contributed by atoms with Crippen molar-refractivity contribution < 1.29 is 95.2 Å². The lowest BCUT2D eigenvalue weighted by atomic mass is 10.1. The van der Waals surface area contributed by atoms with Crippen LogP contribution in [0.3, 0.4) is 0 Å². The molecular weight excluding hydrogens is 694 g/mol. The third kappa shape index (κ3) is 8.12. The van der Waals surface area contributed by atoms with Crippen LogP contribution in [0.5, 0.6) is 0 Å². The lowest BCUT2D eigenvalue weighted by molar-refractivity contribution is -0.0546. The van der Waals surface area contributed by atoms with Gasteiger partial charge in [0.05, 0.1) is 19.5 Å². The van der Waals surface area contributed by atoms with Gasteiger partial charge in [0.15, 0.2) is 29.1 Å². The predicted octanol–water partition coefficient (Wildman–Crippen LogP) is -3.60. The zero-order valence-electron chi connectivity index (χ0n) is 21.3. The van der Waals surface area contributed by atoms with Crippen molar-refractivity contribution in [2.75, 3.05) is 13.2 Å². The highest BCUT2D eigenvalue weighted by atomic mass is 31.3. The minimum absolute atomic E-state index is 0.148. The van der Waals surface area contributed by atoms with Crippen LogP contribution in [0.4, 0.5) is 0 Å². The Hall–Kier alpha value is -1.37. The number of aromatic nitrogens is 4. The highest BCUT2D eigenvalue weighted by Gasteiger charge is 2.48. The summed E-state index contributed by atoms with van der Waals surface area (Å²) in [7, 11) is -22.0. The maximum atomic E-state index is 12.0. The third-order valence-corrected chi connectivity index (χ3v) is 10.3. The van der Waals surface area contributed by atoms with Crippen molar-refractivity contribution in [2.24, 2.45) is 0 Å². The highest BCUT2D eigenvalue weighted by Crippen LogP contribution is 2.66. The number of hydrogen-bond donors (Lipinski definition) is 11.